The minimum absolute atomic E-state index is 0.0789. The Hall–Kier alpha value is -1.86. The number of nitrogens with two attached hydrogens (primary N) is 1. The molecular weight excluding hydrogens is 243 g/mol. The Balaban J connectivity index is 2.76. The van der Waals surface area contributed by atoms with Crippen molar-refractivity contribution < 1.29 is 9.18 Å². The van der Waals surface area contributed by atoms with Crippen LogP contribution in [0.4, 0.5) is 10.1 Å². The van der Waals surface area contributed by atoms with Crippen LogP contribution in [0.15, 0.2) is 18.2 Å². The smallest absolute Gasteiger partial charge is 0.227 e. The van der Waals surface area contributed by atoms with Crippen LogP contribution in [0.1, 0.15) is 32.3 Å². The molecule has 19 heavy (non-hydrogen) atoms. The fourth-order valence-electron chi connectivity index (χ4n) is 1.67. The molecule has 0 fully saturated rings. The molecule has 0 saturated heterocycles. The van der Waals surface area contributed by atoms with Crippen molar-refractivity contribution in [3.8, 4) is 11.8 Å². The second kappa shape index (κ2) is 7.55. The van der Waals surface area contributed by atoms with Gasteiger partial charge >= 0.3 is 0 Å². The van der Waals surface area contributed by atoms with E-state index in [2.05, 4.69) is 17.2 Å². The standard InChI is InChI=1S/C15H19FN2O/c1-3-5-11(2)15(19)18-13-8-7-12(6-4-9-17)14(16)10-13/h7-8,10-11H,3,5,9,17H2,1-2H3,(H,18,19). The van der Waals surface area contributed by atoms with Crippen LogP contribution in [0.2, 0.25) is 0 Å². The number of anilines is 1. The van der Waals surface area contributed by atoms with E-state index in [1.165, 1.54) is 12.1 Å². The van der Waals surface area contributed by atoms with Crippen LogP contribution < -0.4 is 11.1 Å². The molecule has 102 valence electrons. The molecule has 0 saturated carbocycles. The Morgan fingerprint density at radius 3 is 2.84 bits per heavy atom. The normalized spacial score (nSPS) is 11.4. The molecule has 0 aromatic heterocycles. The first kappa shape index (κ1) is 15.2. The van der Waals surface area contributed by atoms with Crippen molar-refractivity contribution in [1.29, 1.82) is 0 Å². The van der Waals surface area contributed by atoms with Crippen LogP contribution in [0.25, 0.3) is 0 Å². The summed E-state index contributed by atoms with van der Waals surface area (Å²) in [5.74, 6) is 4.59. The number of carbonyl (C=O) groups is 1. The number of nitrogens with one attached hydrogen (secondary N) is 1. The maximum atomic E-state index is 13.7. The van der Waals surface area contributed by atoms with Crippen molar-refractivity contribution in [3.05, 3.63) is 29.6 Å². The molecule has 3 N–H and O–H groups in total. The third kappa shape index (κ3) is 4.72. The molecule has 0 aliphatic carbocycles. The second-order valence-electron chi connectivity index (χ2n) is 4.38. The van der Waals surface area contributed by atoms with Crippen LogP contribution in [0.3, 0.4) is 0 Å². The average molecular weight is 262 g/mol. The Kier molecular flexibility index (Phi) is 6.04. The first-order valence-corrected chi connectivity index (χ1v) is 6.37. The summed E-state index contributed by atoms with van der Waals surface area (Å²) in [6, 6.07) is 4.45. The van der Waals surface area contributed by atoms with Crippen molar-refractivity contribution in [2.75, 3.05) is 11.9 Å². The van der Waals surface area contributed by atoms with Gasteiger partial charge in [-0.25, -0.2) is 4.39 Å². The fraction of sp³-hybridized carbons (Fsp3) is 0.400. The van der Waals surface area contributed by atoms with Gasteiger partial charge in [0.25, 0.3) is 0 Å². The van der Waals surface area contributed by atoms with Crippen molar-refractivity contribution in [2.24, 2.45) is 11.7 Å². The molecule has 0 spiro atoms. The molecule has 1 aromatic rings. The molecule has 0 aliphatic heterocycles. The van der Waals surface area contributed by atoms with Gasteiger partial charge in [0.2, 0.25) is 5.91 Å². The van der Waals surface area contributed by atoms with Gasteiger partial charge in [0.1, 0.15) is 5.82 Å². The summed E-state index contributed by atoms with van der Waals surface area (Å²) >= 11 is 0. The lowest BCUT2D eigenvalue weighted by atomic mass is 10.1. The van der Waals surface area contributed by atoms with E-state index in [1.54, 1.807) is 6.07 Å². The average Bonchev–Trinajstić information content (AvgIpc) is 2.38. The minimum Gasteiger partial charge on any atom is -0.326 e. The molecule has 1 unspecified atom stereocenters. The highest BCUT2D eigenvalue weighted by Gasteiger charge is 2.12. The first-order valence-electron chi connectivity index (χ1n) is 6.37. The monoisotopic (exact) mass is 262 g/mol. The van der Waals surface area contributed by atoms with Crippen molar-refractivity contribution in [3.63, 3.8) is 0 Å². The predicted molar refractivity (Wildman–Crippen MR) is 75.0 cm³/mol. The van der Waals surface area contributed by atoms with E-state index in [4.69, 9.17) is 5.73 Å². The lowest BCUT2D eigenvalue weighted by Crippen LogP contribution is -2.20. The number of hydrogen-bond acceptors (Lipinski definition) is 2. The first-order chi connectivity index (χ1) is 9.08. The Morgan fingerprint density at radius 1 is 1.53 bits per heavy atom. The van der Waals surface area contributed by atoms with Crippen molar-refractivity contribution in [2.45, 2.75) is 26.7 Å². The van der Waals surface area contributed by atoms with E-state index in [9.17, 15) is 9.18 Å². The largest absolute Gasteiger partial charge is 0.326 e. The summed E-state index contributed by atoms with van der Waals surface area (Å²) in [5.41, 5.74) is 5.96. The van der Waals surface area contributed by atoms with Crippen LogP contribution in [0.5, 0.6) is 0 Å². The van der Waals surface area contributed by atoms with Gasteiger partial charge in [0.05, 0.1) is 12.1 Å². The molecule has 0 aliphatic rings. The summed E-state index contributed by atoms with van der Waals surface area (Å²) in [4.78, 5) is 11.8. The quantitative estimate of drug-likeness (QED) is 0.819. The fourth-order valence-corrected chi connectivity index (χ4v) is 1.67. The molecule has 4 heteroatoms. The van der Waals surface area contributed by atoms with Crippen molar-refractivity contribution in [1.82, 2.24) is 0 Å². The third-order valence-electron chi connectivity index (χ3n) is 2.73. The van der Waals surface area contributed by atoms with Crippen LogP contribution >= 0.6 is 0 Å². The molecule has 1 atom stereocenters. The third-order valence-corrected chi connectivity index (χ3v) is 2.73. The van der Waals surface area contributed by atoms with E-state index in [-0.39, 0.29) is 23.9 Å². The maximum absolute atomic E-state index is 13.7. The van der Waals surface area contributed by atoms with Gasteiger partial charge in [-0.2, -0.15) is 0 Å². The van der Waals surface area contributed by atoms with E-state index in [0.29, 0.717) is 5.69 Å². The van der Waals surface area contributed by atoms with Crippen LogP contribution in [-0.2, 0) is 4.79 Å². The van der Waals surface area contributed by atoms with Gasteiger partial charge in [0, 0.05) is 11.6 Å². The Morgan fingerprint density at radius 2 is 2.26 bits per heavy atom. The summed E-state index contributed by atoms with van der Waals surface area (Å²) in [6.45, 7) is 4.07. The van der Waals surface area contributed by atoms with E-state index in [0.717, 1.165) is 12.8 Å². The van der Waals surface area contributed by atoms with E-state index in [1.807, 2.05) is 13.8 Å². The number of rotatable bonds is 4. The number of halogens is 1. The number of amides is 1. The van der Waals surface area contributed by atoms with E-state index < -0.39 is 5.82 Å². The highest BCUT2D eigenvalue weighted by atomic mass is 19.1. The zero-order valence-corrected chi connectivity index (χ0v) is 11.3. The summed E-state index contributed by atoms with van der Waals surface area (Å²) in [7, 11) is 0. The number of benzene rings is 1. The van der Waals surface area contributed by atoms with Gasteiger partial charge in [-0.05, 0) is 24.6 Å². The van der Waals surface area contributed by atoms with Gasteiger partial charge in [-0.15, -0.1) is 0 Å². The van der Waals surface area contributed by atoms with E-state index >= 15 is 0 Å². The van der Waals surface area contributed by atoms with Crippen LogP contribution in [0, 0.1) is 23.6 Å². The SMILES string of the molecule is CCCC(C)C(=O)Nc1ccc(C#CCN)c(F)c1. The Labute approximate surface area is 113 Å². The second-order valence-corrected chi connectivity index (χ2v) is 4.38. The predicted octanol–water partition coefficient (Wildman–Crippen LogP) is 2.51. The molecule has 1 rings (SSSR count). The maximum Gasteiger partial charge on any atom is 0.227 e. The zero-order valence-electron chi connectivity index (χ0n) is 11.3. The molecule has 3 nitrogen and oxygen atoms in total. The number of hydrogen-bond donors (Lipinski definition) is 2. The van der Waals surface area contributed by atoms with Gasteiger partial charge < -0.3 is 11.1 Å². The van der Waals surface area contributed by atoms with Gasteiger partial charge in [-0.3, -0.25) is 4.79 Å². The number of carbonyl (C=O) groups excluding carboxylic acids is 1. The molecular formula is C15H19FN2O. The summed E-state index contributed by atoms with van der Waals surface area (Å²) in [6.07, 6.45) is 1.75. The molecule has 0 radical (unpaired) electrons. The summed E-state index contributed by atoms with van der Waals surface area (Å²) < 4.78 is 13.7. The molecule has 0 heterocycles. The molecule has 1 amide bonds. The summed E-state index contributed by atoms with van der Waals surface area (Å²) in [5, 5.41) is 2.70. The minimum atomic E-state index is -0.457. The lowest BCUT2D eigenvalue weighted by molar-refractivity contribution is -0.119. The highest BCUT2D eigenvalue weighted by Crippen LogP contribution is 2.16. The van der Waals surface area contributed by atoms with Gasteiger partial charge in [-0.1, -0.05) is 32.1 Å². The molecule has 0 bridgehead atoms. The Bertz CT molecular complexity index is 503. The highest BCUT2D eigenvalue weighted by molar-refractivity contribution is 5.92. The van der Waals surface area contributed by atoms with Crippen molar-refractivity contribution >= 4 is 11.6 Å². The molecule has 1 aromatic carbocycles. The lowest BCUT2D eigenvalue weighted by Gasteiger charge is -2.11. The van der Waals surface area contributed by atoms with Crippen LogP contribution in [-0.4, -0.2) is 12.5 Å². The van der Waals surface area contributed by atoms with Gasteiger partial charge in [0.15, 0.2) is 0 Å². The zero-order chi connectivity index (χ0) is 14.3. The topological polar surface area (TPSA) is 55.1 Å².